The van der Waals surface area contributed by atoms with Crippen LogP contribution in [0.3, 0.4) is 0 Å². The monoisotopic (exact) mass is 242 g/mol. The van der Waals surface area contributed by atoms with Crippen molar-refractivity contribution in [1.82, 2.24) is 4.98 Å². The third-order valence-electron chi connectivity index (χ3n) is 2.77. The normalized spacial score (nSPS) is 15.8. The van der Waals surface area contributed by atoms with Gasteiger partial charge in [-0.3, -0.25) is 4.98 Å². The minimum Gasteiger partial charge on any atom is -0.355 e. The van der Waals surface area contributed by atoms with Crippen LogP contribution in [0.4, 0.5) is 11.4 Å². The zero-order valence-corrected chi connectivity index (χ0v) is 9.87. The number of hydrogen-bond acceptors (Lipinski definition) is 4. The molecule has 1 saturated heterocycles. The quantitative estimate of drug-likeness (QED) is 0.898. The van der Waals surface area contributed by atoms with Gasteiger partial charge in [0.25, 0.3) is 0 Å². The van der Waals surface area contributed by atoms with Gasteiger partial charge in [0, 0.05) is 29.3 Å². The smallest absolute Gasteiger partial charge is 0.184 e. The summed E-state index contributed by atoms with van der Waals surface area (Å²) in [6.07, 6.45) is 3.31. The van der Waals surface area contributed by atoms with Crippen LogP contribution in [0, 0.1) is 0 Å². The predicted molar refractivity (Wildman–Crippen MR) is 68.6 cm³/mol. The molecule has 1 fully saturated rings. The molecule has 4 nitrogen and oxygen atoms in total. The Hall–Kier alpha value is -1.91. The lowest BCUT2D eigenvalue weighted by molar-refractivity contribution is -0.0441. The van der Waals surface area contributed by atoms with Gasteiger partial charge < -0.3 is 14.8 Å². The molecule has 2 heterocycles. The van der Waals surface area contributed by atoms with Crippen LogP contribution in [-0.2, 0) is 9.47 Å². The zero-order chi connectivity index (χ0) is 12.2. The largest absolute Gasteiger partial charge is 0.355 e. The predicted octanol–water partition coefficient (Wildman–Crippen LogP) is 2.87. The summed E-state index contributed by atoms with van der Waals surface area (Å²) in [6, 6.07) is 11.9. The fourth-order valence-corrected chi connectivity index (χ4v) is 1.88. The van der Waals surface area contributed by atoms with Crippen molar-refractivity contribution in [3.63, 3.8) is 0 Å². The van der Waals surface area contributed by atoms with Crippen LogP contribution in [-0.4, -0.2) is 18.2 Å². The second kappa shape index (κ2) is 5.16. The van der Waals surface area contributed by atoms with Crippen LogP contribution in [0.15, 0.2) is 48.8 Å². The van der Waals surface area contributed by atoms with E-state index in [1.807, 2.05) is 36.4 Å². The highest BCUT2D eigenvalue weighted by molar-refractivity contribution is 5.59. The molecule has 2 aromatic rings. The first-order valence-corrected chi connectivity index (χ1v) is 5.92. The molecule has 0 spiro atoms. The van der Waals surface area contributed by atoms with E-state index in [-0.39, 0.29) is 6.29 Å². The minimum atomic E-state index is -0.208. The first-order chi connectivity index (χ1) is 8.92. The van der Waals surface area contributed by atoms with Gasteiger partial charge in [0.1, 0.15) is 0 Å². The summed E-state index contributed by atoms with van der Waals surface area (Å²) in [5.74, 6) is 0. The van der Waals surface area contributed by atoms with Gasteiger partial charge in [-0.15, -0.1) is 0 Å². The number of nitrogens with zero attached hydrogens (tertiary/aromatic N) is 1. The molecule has 0 bridgehead atoms. The fourth-order valence-electron chi connectivity index (χ4n) is 1.88. The van der Waals surface area contributed by atoms with Gasteiger partial charge in [-0.25, -0.2) is 0 Å². The number of rotatable bonds is 3. The van der Waals surface area contributed by atoms with Gasteiger partial charge >= 0.3 is 0 Å². The molecular weight excluding hydrogens is 228 g/mol. The van der Waals surface area contributed by atoms with Crippen molar-refractivity contribution >= 4 is 11.4 Å². The van der Waals surface area contributed by atoms with E-state index in [9.17, 15) is 0 Å². The molecule has 0 saturated carbocycles. The van der Waals surface area contributed by atoms with E-state index < -0.39 is 0 Å². The van der Waals surface area contributed by atoms with Gasteiger partial charge in [-0.2, -0.15) is 0 Å². The maximum Gasteiger partial charge on any atom is 0.184 e. The Labute approximate surface area is 106 Å². The van der Waals surface area contributed by atoms with Crippen molar-refractivity contribution in [2.24, 2.45) is 0 Å². The molecule has 3 rings (SSSR count). The molecular formula is C14H14N2O2. The topological polar surface area (TPSA) is 43.4 Å². The van der Waals surface area contributed by atoms with Crippen molar-refractivity contribution in [1.29, 1.82) is 0 Å². The number of ether oxygens (including phenoxy) is 2. The molecule has 4 heteroatoms. The standard InChI is InChI=1S/C14H14N2O2/c1-3-12(16-13-5-7-15-8-6-13)4-2-11(1)14-17-9-10-18-14/h1-8,14H,9-10H2,(H,15,16). The van der Waals surface area contributed by atoms with Crippen LogP contribution < -0.4 is 5.32 Å². The molecule has 0 amide bonds. The zero-order valence-electron chi connectivity index (χ0n) is 9.87. The maximum atomic E-state index is 5.45. The average molecular weight is 242 g/mol. The molecule has 1 aromatic carbocycles. The van der Waals surface area contributed by atoms with Crippen molar-refractivity contribution in [3.8, 4) is 0 Å². The Kier molecular flexibility index (Phi) is 3.21. The van der Waals surface area contributed by atoms with Crippen LogP contribution in [0.2, 0.25) is 0 Å². The molecule has 1 aliphatic rings. The van der Waals surface area contributed by atoms with Crippen molar-refractivity contribution in [3.05, 3.63) is 54.4 Å². The van der Waals surface area contributed by atoms with Crippen LogP contribution in [0.5, 0.6) is 0 Å². The Morgan fingerprint density at radius 2 is 1.50 bits per heavy atom. The van der Waals surface area contributed by atoms with Gasteiger partial charge in [-0.1, -0.05) is 12.1 Å². The minimum absolute atomic E-state index is 0.208. The van der Waals surface area contributed by atoms with Gasteiger partial charge in [-0.05, 0) is 24.3 Å². The van der Waals surface area contributed by atoms with E-state index in [2.05, 4.69) is 10.3 Å². The molecule has 1 aliphatic heterocycles. The Morgan fingerprint density at radius 3 is 2.17 bits per heavy atom. The van der Waals surface area contributed by atoms with E-state index in [1.54, 1.807) is 12.4 Å². The first kappa shape index (κ1) is 11.2. The molecule has 1 N–H and O–H groups in total. The molecule has 92 valence electrons. The van der Waals surface area contributed by atoms with E-state index >= 15 is 0 Å². The Bertz CT molecular complexity index is 493. The molecule has 1 aromatic heterocycles. The molecule has 0 unspecified atom stereocenters. The van der Waals surface area contributed by atoms with Crippen LogP contribution in [0.25, 0.3) is 0 Å². The van der Waals surface area contributed by atoms with Crippen molar-refractivity contribution in [2.45, 2.75) is 6.29 Å². The van der Waals surface area contributed by atoms with E-state index in [4.69, 9.17) is 9.47 Å². The molecule has 0 aliphatic carbocycles. The summed E-state index contributed by atoms with van der Waals surface area (Å²) in [6.45, 7) is 1.34. The second-order valence-corrected chi connectivity index (χ2v) is 4.06. The summed E-state index contributed by atoms with van der Waals surface area (Å²) in [5.41, 5.74) is 3.10. The van der Waals surface area contributed by atoms with E-state index in [1.165, 1.54) is 0 Å². The highest BCUT2D eigenvalue weighted by Crippen LogP contribution is 2.25. The Balaban J connectivity index is 1.71. The van der Waals surface area contributed by atoms with Crippen molar-refractivity contribution < 1.29 is 9.47 Å². The highest BCUT2D eigenvalue weighted by atomic mass is 16.7. The summed E-state index contributed by atoms with van der Waals surface area (Å²) < 4.78 is 10.9. The number of anilines is 2. The SMILES string of the molecule is c1cc(Nc2ccc(C3OCCO3)cc2)ccn1. The number of nitrogens with one attached hydrogen (secondary N) is 1. The summed E-state index contributed by atoms with van der Waals surface area (Å²) in [5, 5.41) is 3.30. The maximum absolute atomic E-state index is 5.45. The molecule has 18 heavy (non-hydrogen) atoms. The average Bonchev–Trinajstić information content (AvgIpc) is 2.95. The van der Waals surface area contributed by atoms with Gasteiger partial charge in [0.2, 0.25) is 0 Å². The summed E-state index contributed by atoms with van der Waals surface area (Å²) >= 11 is 0. The van der Waals surface area contributed by atoms with Crippen LogP contribution in [0.1, 0.15) is 11.9 Å². The lowest BCUT2D eigenvalue weighted by Crippen LogP contribution is -1.98. The number of benzene rings is 1. The molecule has 0 atom stereocenters. The van der Waals surface area contributed by atoms with E-state index in [0.29, 0.717) is 13.2 Å². The summed E-state index contributed by atoms with van der Waals surface area (Å²) in [7, 11) is 0. The molecule has 0 radical (unpaired) electrons. The highest BCUT2D eigenvalue weighted by Gasteiger charge is 2.17. The first-order valence-electron chi connectivity index (χ1n) is 5.92. The van der Waals surface area contributed by atoms with E-state index in [0.717, 1.165) is 16.9 Å². The second-order valence-electron chi connectivity index (χ2n) is 4.06. The number of hydrogen-bond donors (Lipinski definition) is 1. The Morgan fingerprint density at radius 1 is 0.889 bits per heavy atom. The lowest BCUT2D eigenvalue weighted by Gasteiger charge is -2.11. The van der Waals surface area contributed by atoms with Gasteiger partial charge in [0.05, 0.1) is 13.2 Å². The lowest BCUT2D eigenvalue weighted by atomic mass is 10.2. The fraction of sp³-hybridized carbons (Fsp3) is 0.214. The van der Waals surface area contributed by atoms with Crippen molar-refractivity contribution in [2.75, 3.05) is 18.5 Å². The third-order valence-corrected chi connectivity index (χ3v) is 2.77. The van der Waals surface area contributed by atoms with Gasteiger partial charge in [0.15, 0.2) is 6.29 Å². The summed E-state index contributed by atoms with van der Waals surface area (Å²) in [4.78, 5) is 3.98. The number of aromatic nitrogens is 1. The van der Waals surface area contributed by atoms with Crippen LogP contribution >= 0.6 is 0 Å². The third kappa shape index (κ3) is 2.50. The number of pyridine rings is 1.